The summed E-state index contributed by atoms with van der Waals surface area (Å²) in [6.45, 7) is 4.64. The summed E-state index contributed by atoms with van der Waals surface area (Å²) in [5, 5.41) is 10.1. The first kappa shape index (κ1) is 9.98. The number of aliphatic hydroxyl groups is 1. The highest BCUT2D eigenvalue weighted by Crippen LogP contribution is 2.24. The average Bonchev–Trinajstić information content (AvgIpc) is 2.84. The molecule has 1 atom stereocenters. The molecule has 1 N–H and O–H groups in total. The lowest BCUT2D eigenvalue weighted by Crippen LogP contribution is -2.08. The van der Waals surface area contributed by atoms with Gasteiger partial charge in [-0.1, -0.05) is 0 Å². The Morgan fingerprint density at radius 3 is 3.00 bits per heavy atom. The van der Waals surface area contributed by atoms with Crippen molar-refractivity contribution in [3.05, 3.63) is 41.9 Å². The summed E-state index contributed by atoms with van der Waals surface area (Å²) < 4.78 is 7.07. The van der Waals surface area contributed by atoms with E-state index in [9.17, 15) is 5.11 Å². The molecule has 0 amide bonds. The normalized spacial score (nSPS) is 13.0. The number of hydrogen-bond acceptors (Lipinski definition) is 3. The smallest absolute Gasteiger partial charge is 0.142 e. The zero-order valence-corrected chi connectivity index (χ0v) is 8.84. The number of imidazole rings is 1. The van der Waals surface area contributed by atoms with Crippen molar-refractivity contribution in [1.82, 2.24) is 9.55 Å². The van der Waals surface area contributed by atoms with Gasteiger partial charge in [0.15, 0.2) is 0 Å². The van der Waals surface area contributed by atoms with Gasteiger partial charge in [-0.05, 0) is 19.9 Å². The molecule has 0 fully saturated rings. The van der Waals surface area contributed by atoms with Gasteiger partial charge in [0.05, 0.1) is 6.26 Å². The van der Waals surface area contributed by atoms with Crippen molar-refractivity contribution < 1.29 is 9.52 Å². The van der Waals surface area contributed by atoms with Crippen molar-refractivity contribution in [3.8, 4) is 0 Å². The fourth-order valence-electron chi connectivity index (χ4n) is 1.65. The molecule has 0 aliphatic rings. The first-order valence-electron chi connectivity index (χ1n) is 4.97. The zero-order chi connectivity index (χ0) is 10.8. The second-order valence-electron chi connectivity index (χ2n) is 3.41. The molecule has 0 aliphatic heterocycles. The maximum absolute atomic E-state index is 10.1. The highest BCUT2D eigenvalue weighted by atomic mass is 16.3. The van der Waals surface area contributed by atoms with Crippen LogP contribution in [-0.2, 0) is 6.54 Å². The van der Waals surface area contributed by atoms with Gasteiger partial charge in [-0.15, -0.1) is 0 Å². The van der Waals surface area contributed by atoms with E-state index in [-0.39, 0.29) is 0 Å². The molecular formula is C11H14N2O2. The van der Waals surface area contributed by atoms with Crippen molar-refractivity contribution in [2.24, 2.45) is 0 Å². The van der Waals surface area contributed by atoms with Crippen LogP contribution in [0.1, 0.15) is 30.2 Å². The molecule has 4 nitrogen and oxygen atoms in total. The molecule has 2 aromatic heterocycles. The molecule has 2 rings (SSSR count). The van der Waals surface area contributed by atoms with Crippen molar-refractivity contribution in [2.45, 2.75) is 26.5 Å². The monoisotopic (exact) mass is 206 g/mol. The minimum absolute atomic E-state index is 0.655. The Morgan fingerprint density at radius 1 is 1.60 bits per heavy atom. The highest BCUT2D eigenvalue weighted by Gasteiger charge is 2.18. The number of aryl methyl sites for hydroxylation is 2. The second kappa shape index (κ2) is 3.90. The van der Waals surface area contributed by atoms with E-state index in [1.807, 2.05) is 24.6 Å². The summed E-state index contributed by atoms with van der Waals surface area (Å²) in [6, 6.07) is 1.77. The van der Waals surface area contributed by atoms with Crippen LogP contribution >= 0.6 is 0 Å². The summed E-state index contributed by atoms with van der Waals surface area (Å²) in [4.78, 5) is 4.16. The van der Waals surface area contributed by atoms with Crippen LogP contribution in [-0.4, -0.2) is 14.7 Å². The van der Waals surface area contributed by atoms with E-state index in [1.165, 1.54) is 0 Å². The first-order valence-corrected chi connectivity index (χ1v) is 4.97. The Hall–Kier alpha value is -1.55. The van der Waals surface area contributed by atoms with Crippen molar-refractivity contribution in [1.29, 1.82) is 0 Å². The number of furan rings is 1. The lowest BCUT2D eigenvalue weighted by Gasteiger charge is -2.10. The molecule has 0 aromatic carbocycles. The summed E-state index contributed by atoms with van der Waals surface area (Å²) in [5.74, 6) is 1.38. The molecule has 15 heavy (non-hydrogen) atoms. The quantitative estimate of drug-likeness (QED) is 0.834. The fraction of sp³-hybridized carbons (Fsp3) is 0.364. The Labute approximate surface area is 88.2 Å². The maximum atomic E-state index is 10.1. The van der Waals surface area contributed by atoms with Crippen molar-refractivity contribution in [3.63, 3.8) is 0 Å². The highest BCUT2D eigenvalue weighted by molar-refractivity contribution is 5.24. The van der Waals surface area contributed by atoms with Gasteiger partial charge in [-0.25, -0.2) is 4.98 Å². The van der Waals surface area contributed by atoms with E-state index in [1.54, 1.807) is 18.5 Å². The van der Waals surface area contributed by atoms with Gasteiger partial charge in [0.25, 0.3) is 0 Å². The number of nitrogens with zero attached hydrogens (tertiary/aromatic N) is 2. The summed E-state index contributed by atoms with van der Waals surface area (Å²) >= 11 is 0. The largest absolute Gasteiger partial charge is 0.469 e. The lowest BCUT2D eigenvalue weighted by molar-refractivity contribution is 0.202. The maximum Gasteiger partial charge on any atom is 0.142 e. The summed E-state index contributed by atoms with van der Waals surface area (Å²) in [7, 11) is 0. The van der Waals surface area contributed by atoms with E-state index >= 15 is 0 Å². The molecule has 0 bridgehead atoms. The van der Waals surface area contributed by atoms with Crippen LogP contribution in [0, 0.1) is 6.92 Å². The predicted molar refractivity (Wildman–Crippen MR) is 55.4 cm³/mol. The van der Waals surface area contributed by atoms with E-state index < -0.39 is 6.10 Å². The van der Waals surface area contributed by atoms with Gasteiger partial charge >= 0.3 is 0 Å². The van der Waals surface area contributed by atoms with E-state index in [4.69, 9.17) is 4.42 Å². The number of rotatable bonds is 3. The molecular weight excluding hydrogens is 192 g/mol. The molecule has 80 valence electrons. The third-order valence-corrected chi connectivity index (χ3v) is 2.53. The zero-order valence-electron chi connectivity index (χ0n) is 8.84. The molecule has 2 aromatic rings. The molecule has 2 heterocycles. The van der Waals surface area contributed by atoms with Gasteiger partial charge in [-0.3, -0.25) is 0 Å². The standard InChI is InChI=1S/C11H14N2O2/c1-3-13-6-5-12-11(13)10(14)9-4-7-15-8(9)2/h4-7,10,14H,3H2,1-2H3. The molecule has 0 spiro atoms. The minimum Gasteiger partial charge on any atom is -0.469 e. The van der Waals surface area contributed by atoms with Crippen molar-refractivity contribution >= 4 is 0 Å². The summed E-state index contributed by atoms with van der Waals surface area (Å²) in [5.41, 5.74) is 0.774. The number of hydrogen-bond donors (Lipinski definition) is 1. The first-order chi connectivity index (χ1) is 7.24. The van der Waals surface area contributed by atoms with Gasteiger partial charge in [-0.2, -0.15) is 0 Å². The van der Waals surface area contributed by atoms with E-state index in [0.29, 0.717) is 5.82 Å². The minimum atomic E-state index is -0.710. The van der Waals surface area contributed by atoms with Crippen LogP contribution in [0.15, 0.2) is 29.1 Å². The average molecular weight is 206 g/mol. The van der Waals surface area contributed by atoms with Gasteiger partial charge in [0.2, 0.25) is 0 Å². The Balaban J connectivity index is 2.36. The summed E-state index contributed by atoms with van der Waals surface area (Å²) in [6.07, 6.45) is 4.41. The van der Waals surface area contributed by atoms with Crippen LogP contribution < -0.4 is 0 Å². The van der Waals surface area contributed by atoms with Crippen LogP contribution in [0.2, 0.25) is 0 Å². The van der Waals surface area contributed by atoms with Crippen molar-refractivity contribution in [2.75, 3.05) is 0 Å². The third kappa shape index (κ3) is 1.68. The SMILES string of the molecule is CCn1ccnc1C(O)c1ccoc1C. The predicted octanol–water partition coefficient (Wildman–Crippen LogP) is 1.89. The van der Waals surface area contributed by atoms with Crippen LogP contribution in [0.25, 0.3) is 0 Å². The van der Waals surface area contributed by atoms with Crippen LogP contribution in [0.5, 0.6) is 0 Å². The molecule has 0 radical (unpaired) electrons. The second-order valence-corrected chi connectivity index (χ2v) is 3.41. The van der Waals surface area contributed by atoms with Gasteiger partial charge in [0, 0.05) is 24.5 Å². The Morgan fingerprint density at radius 2 is 2.40 bits per heavy atom. The molecule has 0 aliphatic carbocycles. The van der Waals surface area contributed by atoms with Crippen LogP contribution in [0.4, 0.5) is 0 Å². The number of aromatic nitrogens is 2. The number of aliphatic hydroxyl groups excluding tert-OH is 1. The van der Waals surface area contributed by atoms with Crippen LogP contribution in [0.3, 0.4) is 0 Å². The molecule has 0 saturated carbocycles. The third-order valence-electron chi connectivity index (χ3n) is 2.53. The van der Waals surface area contributed by atoms with Gasteiger partial charge in [0.1, 0.15) is 17.7 Å². The molecule has 1 unspecified atom stereocenters. The van der Waals surface area contributed by atoms with E-state index in [0.717, 1.165) is 17.9 Å². The Bertz CT molecular complexity index is 445. The van der Waals surface area contributed by atoms with E-state index in [2.05, 4.69) is 4.98 Å². The lowest BCUT2D eigenvalue weighted by atomic mass is 10.1. The van der Waals surface area contributed by atoms with Gasteiger partial charge < -0.3 is 14.1 Å². The topological polar surface area (TPSA) is 51.2 Å². The fourth-order valence-corrected chi connectivity index (χ4v) is 1.65. The Kier molecular flexibility index (Phi) is 2.60. The molecule has 4 heteroatoms. The molecule has 0 saturated heterocycles.